The van der Waals surface area contributed by atoms with Gasteiger partial charge in [0.05, 0.1) is 6.54 Å². The Balaban J connectivity index is 2.09. The van der Waals surface area contributed by atoms with Crippen LogP contribution in [0.3, 0.4) is 0 Å². The summed E-state index contributed by atoms with van der Waals surface area (Å²) in [5, 5.41) is 16.5. The molecule has 1 aromatic carbocycles. The van der Waals surface area contributed by atoms with E-state index in [0.717, 1.165) is 5.56 Å². The van der Waals surface area contributed by atoms with Crippen LogP contribution >= 0.6 is 0 Å². The van der Waals surface area contributed by atoms with Crippen LogP contribution in [-0.2, 0) is 20.9 Å². The van der Waals surface area contributed by atoms with Gasteiger partial charge in [-0.25, -0.2) is 5.01 Å². The Bertz CT molecular complexity index is 612. The van der Waals surface area contributed by atoms with Crippen LogP contribution in [0, 0.1) is 0 Å². The summed E-state index contributed by atoms with van der Waals surface area (Å²) in [4.78, 5) is 34.6. The molecule has 0 aromatic heterocycles. The highest BCUT2D eigenvalue weighted by atomic mass is 16.4. The number of nitrogens with zero attached hydrogens (tertiary/aromatic N) is 2. The zero-order valence-corrected chi connectivity index (χ0v) is 12.2. The molecule has 1 atom stereocenters. The summed E-state index contributed by atoms with van der Waals surface area (Å²) in [5.41, 5.74) is 1.07. The summed E-state index contributed by atoms with van der Waals surface area (Å²) >= 11 is 0. The number of nitrogens with one attached hydrogen (secondary N) is 1. The van der Waals surface area contributed by atoms with Gasteiger partial charge >= 0.3 is 5.97 Å². The van der Waals surface area contributed by atoms with Crippen LogP contribution in [0.5, 0.6) is 0 Å². The second-order valence-corrected chi connectivity index (χ2v) is 5.02. The summed E-state index contributed by atoms with van der Waals surface area (Å²) in [6.07, 6.45) is 0.392. The number of aliphatic carboxylic acids is 1. The summed E-state index contributed by atoms with van der Waals surface area (Å²) in [6.45, 7) is 1.65. The fourth-order valence-corrected chi connectivity index (χ4v) is 1.99. The van der Waals surface area contributed by atoms with Gasteiger partial charge < -0.3 is 10.4 Å². The SMILES string of the molecule is CC(NC(=O)C1=NN(Cc2ccccc2)C(=O)CC1)C(=O)O. The first-order valence-electron chi connectivity index (χ1n) is 6.93. The van der Waals surface area contributed by atoms with Gasteiger partial charge in [-0.2, -0.15) is 5.10 Å². The van der Waals surface area contributed by atoms with Crippen molar-refractivity contribution in [3.63, 3.8) is 0 Å². The van der Waals surface area contributed by atoms with Crippen LogP contribution in [0.4, 0.5) is 0 Å². The van der Waals surface area contributed by atoms with E-state index in [4.69, 9.17) is 5.11 Å². The average Bonchev–Trinajstić information content (AvgIpc) is 2.50. The molecule has 0 spiro atoms. The molecule has 2 amide bonds. The molecule has 2 N–H and O–H groups in total. The van der Waals surface area contributed by atoms with E-state index in [1.54, 1.807) is 0 Å². The monoisotopic (exact) mass is 303 g/mol. The highest BCUT2D eigenvalue weighted by molar-refractivity contribution is 6.39. The van der Waals surface area contributed by atoms with E-state index in [1.165, 1.54) is 11.9 Å². The number of amides is 2. The van der Waals surface area contributed by atoms with Gasteiger partial charge in [0.1, 0.15) is 11.8 Å². The molecule has 1 aliphatic heterocycles. The Morgan fingerprint density at radius 2 is 2.00 bits per heavy atom. The van der Waals surface area contributed by atoms with Crippen molar-refractivity contribution in [3.05, 3.63) is 35.9 Å². The second-order valence-electron chi connectivity index (χ2n) is 5.02. The molecule has 1 aromatic rings. The molecule has 2 rings (SSSR count). The van der Waals surface area contributed by atoms with Crippen molar-refractivity contribution >= 4 is 23.5 Å². The third-order valence-electron chi connectivity index (χ3n) is 3.26. The largest absolute Gasteiger partial charge is 0.480 e. The number of carbonyl (C=O) groups is 3. The molecular formula is C15H17N3O4. The van der Waals surface area contributed by atoms with Gasteiger partial charge in [0.15, 0.2) is 0 Å². The molecule has 22 heavy (non-hydrogen) atoms. The summed E-state index contributed by atoms with van der Waals surface area (Å²) in [7, 11) is 0. The minimum atomic E-state index is -1.12. The van der Waals surface area contributed by atoms with Gasteiger partial charge in [-0.05, 0) is 12.5 Å². The van der Waals surface area contributed by atoms with Crippen molar-refractivity contribution in [1.29, 1.82) is 0 Å². The number of carboxylic acid groups (broad SMARTS) is 1. The maximum absolute atomic E-state index is 12.0. The topological polar surface area (TPSA) is 99.1 Å². The number of carboxylic acids is 1. The van der Waals surface area contributed by atoms with Crippen molar-refractivity contribution < 1.29 is 19.5 Å². The molecule has 116 valence electrons. The molecule has 1 aliphatic rings. The van der Waals surface area contributed by atoms with E-state index < -0.39 is 17.9 Å². The van der Waals surface area contributed by atoms with E-state index in [-0.39, 0.29) is 31.0 Å². The third kappa shape index (κ3) is 3.91. The third-order valence-corrected chi connectivity index (χ3v) is 3.26. The molecule has 0 saturated heterocycles. The zero-order chi connectivity index (χ0) is 16.1. The molecule has 7 nitrogen and oxygen atoms in total. The molecule has 0 fully saturated rings. The highest BCUT2D eigenvalue weighted by Gasteiger charge is 2.26. The fraction of sp³-hybridized carbons (Fsp3) is 0.333. The Kier molecular flexibility index (Phi) is 4.88. The Hall–Kier alpha value is -2.70. The normalized spacial score (nSPS) is 16.0. The maximum atomic E-state index is 12.0. The molecule has 0 saturated carbocycles. The van der Waals surface area contributed by atoms with Gasteiger partial charge in [0, 0.05) is 12.8 Å². The fourth-order valence-electron chi connectivity index (χ4n) is 1.99. The lowest BCUT2D eigenvalue weighted by molar-refractivity contribution is -0.140. The van der Waals surface area contributed by atoms with E-state index >= 15 is 0 Å². The van der Waals surface area contributed by atoms with Crippen molar-refractivity contribution in [1.82, 2.24) is 10.3 Å². The molecule has 0 aliphatic carbocycles. The number of rotatable bonds is 5. The number of hydrogen-bond donors (Lipinski definition) is 2. The quantitative estimate of drug-likeness (QED) is 0.838. The molecule has 1 heterocycles. The van der Waals surface area contributed by atoms with Gasteiger partial charge in [0.25, 0.3) is 5.91 Å². The zero-order valence-electron chi connectivity index (χ0n) is 12.2. The minimum Gasteiger partial charge on any atom is -0.480 e. The number of carbonyl (C=O) groups excluding carboxylic acids is 2. The second kappa shape index (κ2) is 6.84. The lowest BCUT2D eigenvalue weighted by atomic mass is 10.1. The molecule has 1 unspecified atom stereocenters. The van der Waals surface area contributed by atoms with Gasteiger partial charge in [-0.3, -0.25) is 14.4 Å². The Labute approximate surface area is 127 Å². The van der Waals surface area contributed by atoms with Gasteiger partial charge in [-0.15, -0.1) is 0 Å². The van der Waals surface area contributed by atoms with Crippen LogP contribution in [0.15, 0.2) is 35.4 Å². The predicted molar refractivity (Wildman–Crippen MR) is 78.9 cm³/mol. The summed E-state index contributed by atoms with van der Waals surface area (Å²) in [6, 6.07) is 8.31. The van der Waals surface area contributed by atoms with Gasteiger partial charge in [0.2, 0.25) is 5.91 Å². The summed E-state index contributed by atoms with van der Waals surface area (Å²) in [5.74, 6) is -1.84. The first-order chi connectivity index (χ1) is 10.5. The molecular weight excluding hydrogens is 286 g/mol. The van der Waals surface area contributed by atoms with Crippen LogP contribution in [0.1, 0.15) is 25.3 Å². The number of hydrogen-bond acceptors (Lipinski definition) is 4. The van der Waals surface area contributed by atoms with Crippen LogP contribution in [0.25, 0.3) is 0 Å². The van der Waals surface area contributed by atoms with E-state index in [2.05, 4.69) is 10.4 Å². The van der Waals surface area contributed by atoms with Crippen molar-refractivity contribution in [2.75, 3.05) is 0 Å². The Morgan fingerprint density at radius 3 is 2.64 bits per heavy atom. The van der Waals surface area contributed by atoms with Crippen LogP contribution in [0.2, 0.25) is 0 Å². The maximum Gasteiger partial charge on any atom is 0.325 e. The minimum absolute atomic E-state index is 0.160. The lowest BCUT2D eigenvalue weighted by Crippen LogP contribution is -2.44. The smallest absolute Gasteiger partial charge is 0.325 e. The predicted octanol–water partition coefficient (Wildman–Crippen LogP) is 0.754. The molecule has 7 heteroatoms. The summed E-state index contributed by atoms with van der Waals surface area (Å²) < 4.78 is 0. The standard InChI is InChI=1S/C15H17N3O4/c1-10(15(21)22)16-14(20)12-7-8-13(19)18(17-12)9-11-5-3-2-4-6-11/h2-6,10H,7-9H2,1H3,(H,16,20)(H,21,22). The first kappa shape index (κ1) is 15.7. The number of hydrazone groups is 1. The lowest BCUT2D eigenvalue weighted by Gasteiger charge is -2.23. The van der Waals surface area contributed by atoms with Gasteiger partial charge in [-0.1, -0.05) is 30.3 Å². The van der Waals surface area contributed by atoms with E-state index in [1.807, 2.05) is 30.3 Å². The van der Waals surface area contributed by atoms with Crippen LogP contribution in [-0.4, -0.2) is 39.7 Å². The highest BCUT2D eigenvalue weighted by Crippen LogP contribution is 2.13. The Morgan fingerprint density at radius 1 is 1.32 bits per heavy atom. The van der Waals surface area contributed by atoms with E-state index in [9.17, 15) is 14.4 Å². The number of benzene rings is 1. The molecule has 0 radical (unpaired) electrons. The van der Waals surface area contributed by atoms with Crippen molar-refractivity contribution in [2.24, 2.45) is 5.10 Å². The van der Waals surface area contributed by atoms with Crippen molar-refractivity contribution in [3.8, 4) is 0 Å². The van der Waals surface area contributed by atoms with Crippen LogP contribution < -0.4 is 5.32 Å². The average molecular weight is 303 g/mol. The van der Waals surface area contributed by atoms with E-state index in [0.29, 0.717) is 0 Å². The van der Waals surface area contributed by atoms with Crippen molar-refractivity contribution in [2.45, 2.75) is 32.4 Å². The first-order valence-corrected chi connectivity index (χ1v) is 6.93. The molecule has 0 bridgehead atoms.